The molecule has 2 aliphatic rings. The van der Waals surface area contributed by atoms with Crippen molar-refractivity contribution < 1.29 is 23.8 Å². The first kappa shape index (κ1) is 14.4. The summed E-state index contributed by atoms with van der Waals surface area (Å²) < 4.78 is 14.2. The maximum absolute atomic E-state index is 10.7. The van der Waals surface area contributed by atoms with Crippen molar-refractivity contribution in [3.63, 3.8) is 0 Å². The molecular weight excluding hydrogens is 238 g/mol. The molecule has 1 atom stereocenters. The molecule has 1 amide bonds. The number of amides is 1. The smallest absolute Gasteiger partial charge is 0.333 e. The van der Waals surface area contributed by atoms with E-state index >= 15 is 0 Å². The Labute approximate surface area is 106 Å². The Morgan fingerprint density at radius 3 is 2.72 bits per heavy atom. The fourth-order valence-electron chi connectivity index (χ4n) is 0.923. The van der Waals surface area contributed by atoms with E-state index in [4.69, 9.17) is 9.47 Å². The Hall–Kier alpha value is -1.66. The zero-order valence-corrected chi connectivity index (χ0v) is 10.3. The summed E-state index contributed by atoms with van der Waals surface area (Å²) >= 11 is 0. The van der Waals surface area contributed by atoms with Gasteiger partial charge in [0, 0.05) is 5.57 Å². The molecule has 6 nitrogen and oxygen atoms in total. The van der Waals surface area contributed by atoms with Gasteiger partial charge in [0.15, 0.2) is 0 Å². The van der Waals surface area contributed by atoms with Crippen LogP contribution in [0.15, 0.2) is 24.9 Å². The van der Waals surface area contributed by atoms with Crippen molar-refractivity contribution in [3.8, 4) is 0 Å². The van der Waals surface area contributed by atoms with E-state index in [9.17, 15) is 9.59 Å². The van der Waals surface area contributed by atoms with Crippen molar-refractivity contribution in [2.24, 2.45) is 0 Å². The van der Waals surface area contributed by atoms with E-state index in [1.54, 1.807) is 6.92 Å². The van der Waals surface area contributed by atoms with E-state index in [1.807, 2.05) is 0 Å². The predicted molar refractivity (Wildman–Crippen MR) is 62.8 cm³/mol. The average molecular weight is 254 g/mol. The standard InChI is InChI=1S/C7H10O3.C5H6NO2/c1-5(2)7(8)10-4-6-3-9-6;1-2-6-4-8-3-5(6)7/h6H,1,3-4H2,2H3;2,4H,1,3H2/q;-1. The number of ether oxygens (including phenoxy) is 3. The minimum atomic E-state index is -0.337. The Morgan fingerprint density at radius 1 is 1.72 bits per heavy atom. The van der Waals surface area contributed by atoms with Crippen LogP contribution in [0.4, 0.5) is 0 Å². The lowest BCUT2D eigenvalue weighted by Crippen LogP contribution is -2.15. The van der Waals surface area contributed by atoms with Crippen LogP contribution in [0.2, 0.25) is 0 Å². The van der Waals surface area contributed by atoms with Crippen LogP contribution in [0.5, 0.6) is 0 Å². The van der Waals surface area contributed by atoms with Crippen LogP contribution in [0.3, 0.4) is 0 Å². The summed E-state index contributed by atoms with van der Waals surface area (Å²) in [5.74, 6) is -0.407. The molecule has 6 heteroatoms. The van der Waals surface area contributed by atoms with Crippen LogP contribution >= 0.6 is 0 Å². The first-order valence-electron chi connectivity index (χ1n) is 5.37. The van der Waals surface area contributed by atoms with Crippen molar-refractivity contribution in [2.45, 2.75) is 13.0 Å². The normalized spacial score (nSPS) is 20.8. The van der Waals surface area contributed by atoms with Crippen molar-refractivity contribution >= 4 is 11.9 Å². The molecule has 0 saturated carbocycles. The second-order valence-electron chi connectivity index (χ2n) is 3.73. The molecule has 0 spiro atoms. The lowest BCUT2D eigenvalue weighted by Gasteiger charge is -2.15. The van der Waals surface area contributed by atoms with Crippen molar-refractivity contribution in [1.82, 2.24) is 4.90 Å². The molecule has 2 saturated heterocycles. The number of nitrogens with zero attached hydrogens (tertiary/aromatic N) is 1. The number of hydrogen-bond acceptors (Lipinski definition) is 5. The second-order valence-corrected chi connectivity index (χ2v) is 3.73. The van der Waals surface area contributed by atoms with Gasteiger partial charge in [0.2, 0.25) is 5.91 Å². The molecule has 0 bridgehead atoms. The van der Waals surface area contributed by atoms with Crippen LogP contribution in [0.1, 0.15) is 6.92 Å². The minimum absolute atomic E-state index is 0.0694. The molecule has 100 valence electrons. The van der Waals surface area contributed by atoms with Crippen molar-refractivity contribution in [2.75, 3.05) is 19.8 Å². The maximum atomic E-state index is 10.7. The summed E-state index contributed by atoms with van der Waals surface area (Å²) in [6, 6.07) is 0. The molecule has 0 aromatic carbocycles. The van der Waals surface area contributed by atoms with Crippen LogP contribution in [-0.4, -0.2) is 42.7 Å². The molecule has 0 aliphatic carbocycles. The fourth-order valence-corrected chi connectivity index (χ4v) is 0.923. The minimum Gasteiger partial charge on any atom is -0.524 e. The van der Waals surface area contributed by atoms with Gasteiger partial charge in [0.25, 0.3) is 0 Å². The number of esters is 1. The summed E-state index contributed by atoms with van der Waals surface area (Å²) in [7, 11) is 0. The third kappa shape index (κ3) is 5.11. The zero-order chi connectivity index (χ0) is 13.5. The van der Waals surface area contributed by atoms with Gasteiger partial charge in [-0.2, -0.15) is 0 Å². The van der Waals surface area contributed by atoms with Gasteiger partial charge in [0.1, 0.15) is 12.7 Å². The molecule has 0 aromatic rings. The molecule has 2 rings (SSSR count). The maximum Gasteiger partial charge on any atom is 0.333 e. The topological polar surface area (TPSA) is 68.4 Å². The summed E-state index contributed by atoms with van der Waals surface area (Å²) in [4.78, 5) is 22.5. The lowest BCUT2D eigenvalue weighted by molar-refractivity contribution is -0.139. The molecule has 2 aliphatic heterocycles. The molecule has 1 unspecified atom stereocenters. The van der Waals surface area contributed by atoms with E-state index in [1.165, 1.54) is 17.8 Å². The van der Waals surface area contributed by atoms with Gasteiger partial charge in [-0.3, -0.25) is 4.79 Å². The van der Waals surface area contributed by atoms with Gasteiger partial charge in [-0.1, -0.05) is 13.2 Å². The van der Waals surface area contributed by atoms with E-state index in [2.05, 4.69) is 17.9 Å². The number of carbonyl (C=O) groups excluding carboxylic acids is 2. The second kappa shape index (κ2) is 6.93. The van der Waals surface area contributed by atoms with Gasteiger partial charge >= 0.3 is 5.97 Å². The first-order valence-corrected chi connectivity index (χ1v) is 5.37. The molecular formula is C12H16NO5-. The molecule has 0 aromatic heterocycles. The van der Waals surface area contributed by atoms with E-state index in [0.29, 0.717) is 18.8 Å². The Bertz CT molecular complexity index is 348. The third-order valence-electron chi connectivity index (χ3n) is 2.03. The van der Waals surface area contributed by atoms with Crippen LogP contribution < -0.4 is 0 Å². The highest BCUT2D eigenvalue weighted by Crippen LogP contribution is 2.09. The fraction of sp³-hybridized carbons (Fsp3) is 0.417. The summed E-state index contributed by atoms with van der Waals surface area (Å²) in [5.41, 5.74) is 0.431. The molecule has 2 heterocycles. The molecule has 0 radical (unpaired) electrons. The summed E-state index contributed by atoms with van der Waals surface area (Å²) in [5, 5.41) is 0. The van der Waals surface area contributed by atoms with Gasteiger partial charge < -0.3 is 19.1 Å². The van der Waals surface area contributed by atoms with Crippen molar-refractivity contribution in [1.29, 1.82) is 0 Å². The Morgan fingerprint density at radius 2 is 2.39 bits per heavy atom. The van der Waals surface area contributed by atoms with Crippen LogP contribution in [0.25, 0.3) is 0 Å². The van der Waals surface area contributed by atoms with E-state index in [-0.39, 0.29) is 24.6 Å². The quantitative estimate of drug-likeness (QED) is 0.318. The van der Waals surface area contributed by atoms with Crippen molar-refractivity contribution in [3.05, 3.63) is 31.7 Å². The Balaban J connectivity index is 0.000000184. The SMILES string of the molecule is C=C(C)C(=O)OCC1CO1.C=CN1[CH-]OCC1=O. The van der Waals surface area contributed by atoms with Crippen LogP contribution in [-0.2, 0) is 23.8 Å². The van der Waals surface area contributed by atoms with Gasteiger partial charge in [-0.25, -0.2) is 4.79 Å². The highest BCUT2D eigenvalue weighted by atomic mass is 16.6. The van der Waals surface area contributed by atoms with Gasteiger partial charge in [0.05, 0.1) is 13.2 Å². The van der Waals surface area contributed by atoms with Gasteiger partial charge in [-0.15, -0.1) is 6.73 Å². The molecule has 0 N–H and O–H groups in total. The Kier molecular flexibility index (Phi) is 5.54. The van der Waals surface area contributed by atoms with Crippen LogP contribution in [0, 0.1) is 6.73 Å². The highest BCUT2D eigenvalue weighted by molar-refractivity contribution is 5.86. The van der Waals surface area contributed by atoms with Gasteiger partial charge in [-0.05, 0) is 13.1 Å². The molecule has 18 heavy (non-hydrogen) atoms. The monoisotopic (exact) mass is 254 g/mol. The first-order chi connectivity index (χ1) is 8.54. The lowest BCUT2D eigenvalue weighted by atomic mass is 10.4. The molecule has 2 fully saturated rings. The largest absolute Gasteiger partial charge is 0.524 e. The summed E-state index contributed by atoms with van der Waals surface area (Å²) in [6.45, 7) is 11.0. The number of carbonyl (C=O) groups is 2. The third-order valence-corrected chi connectivity index (χ3v) is 2.03. The average Bonchev–Trinajstić information content (AvgIpc) is 3.08. The predicted octanol–water partition coefficient (Wildman–Crippen LogP) is 0.612. The zero-order valence-electron chi connectivity index (χ0n) is 10.3. The summed E-state index contributed by atoms with van der Waals surface area (Å²) in [6.07, 6.45) is 1.55. The number of rotatable bonds is 4. The highest BCUT2D eigenvalue weighted by Gasteiger charge is 2.24. The van der Waals surface area contributed by atoms with E-state index < -0.39 is 0 Å². The number of hydrogen-bond donors (Lipinski definition) is 0. The van der Waals surface area contributed by atoms with E-state index in [0.717, 1.165) is 0 Å². The number of epoxide rings is 1.